The number of rotatable bonds is 5. The van der Waals surface area contributed by atoms with Gasteiger partial charge < -0.3 is 0 Å². The molecule has 0 saturated carbocycles. The van der Waals surface area contributed by atoms with Gasteiger partial charge >= 0.3 is 0 Å². The van der Waals surface area contributed by atoms with Crippen LogP contribution >= 0.6 is 11.8 Å². The maximum absolute atomic E-state index is 13.2. The Morgan fingerprint density at radius 1 is 1.00 bits per heavy atom. The van der Waals surface area contributed by atoms with E-state index < -0.39 is 12.0 Å². The molecule has 5 nitrogen and oxygen atoms in total. The molecule has 146 valence electrons. The molecule has 2 amide bonds. The summed E-state index contributed by atoms with van der Waals surface area (Å²) >= 11 is 1.67. The van der Waals surface area contributed by atoms with Crippen LogP contribution in [-0.4, -0.2) is 35.6 Å². The van der Waals surface area contributed by atoms with Crippen LogP contribution in [0, 0.1) is 11.8 Å². The smallest absolute Gasteiger partial charge is 0.262 e. The third-order valence-corrected chi connectivity index (χ3v) is 5.97. The lowest BCUT2D eigenvalue weighted by molar-refractivity contribution is -0.143. The van der Waals surface area contributed by atoms with E-state index in [1.54, 1.807) is 16.8 Å². The number of carbonyl (C=O) groups is 2. The maximum Gasteiger partial charge on any atom is 0.262 e. The van der Waals surface area contributed by atoms with Crippen molar-refractivity contribution in [2.45, 2.75) is 30.9 Å². The van der Waals surface area contributed by atoms with Gasteiger partial charge in [0.2, 0.25) is 5.91 Å². The van der Waals surface area contributed by atoms with Crippen LogP contribution in [-0.2, 0) is 14.4 Å². The fraction of sp³-hybridized carbons (Fsp3) is 0.364. The van der Waals surface area contributed by atoms with Crippen LogP contribution in [0.15, 0.2) is 59.5 Å². The van der Waals surface area contributed by atoms with E-state index in [-0.39, 0.29) is 23.8 Å². The topological polar surface area (TPSA) is 49.9 Å². The fourth-order valence-electron chi connectivity index (χ4n) is 3.96. The van der Waals surface area contributed by atoms with E-state index in [9.17, 15) is 9.59 Å². The molecule has 4 rings (SSSR count). The average molecular weight is 397 g/mol. The predicted octanol–water partition coefficient (Wildman–Crippen LogP) is 3.91. The van der Waals surface area contributed by atoms with E-state index in [1.165, 1.54) is 4.90 Å². The molecule has 2 heterocycles. The Morgan fingerprint density at radius 3 is 2.29 bits per heavy atom. The Kier molecular flexibility index (Phi) is 5.17. The van der Waals surface area contributed by atoms with Gasteiger partial charge in [-0.25, -0.2) is 5.06 Å². The molecule has 2 aliphatic rings. The normalized spacial score (nSPS) is 24.4. The molecule has 3 unspecified atom stereocenters. The number of amides is 2. The number of fused-ring (bicyclic) bond motifs is 1. The molecule has 2 aromatic rings. The number of hydroxylamine groups is 1. The molecular formula is C22H24N2O3S. The first-order chi connectivity index (χ1) is 13.5. The number of thioether (sulfide) groups is 1. The Morgan fingerprint density at radius 2 is 1.68 bits per heavy atom. The lowest BCUT2D eigenvalue weighted by atomic mass is 9.90. The van der Waals surface area contributed by atoms with E-state index in [4.69, 9.17) is 4.84 Å². The van der Waals surface area contributed by atoms with Gasteiger partial charge in [0, 0.05) is 11.4 Å². The number of nitrogens with zero attached hydrogens (tertiary/aromatic N) is 2. The Balaban J connectivity index is 1.74. The second-order valence-corrected chi connectivity index (χ2v) is 8.49. The van der Waals surface area contributed by atoms with Crippen LogP contribution in [0.1, 0.15) is 25.5 Å². The first kappa shape index (κ1) is 19.0. The molecule has 3 atom stereocenters. The van der Waals surface area contributed by atoms with Crippen molar-refractivity contribution in [1.29, 1.82) is 0 Å². The summed E-state index contributed by atoms with van der Waals surface area (Å²) < 4.78 is 0. The third kappa shape index (κ3) is 3.20. The number of imide groups is 1. The molecule has 2 saturated heterocycles. The van der Waals surface area contributed by atoms with Gasteiger partial charge in [0.05, 0.1) is 11.7 Å². The zero-order chi connectivity index (χ0) is 19.8. The van der Waals surface area contributed by atoms with Crippen molar-refractivity contribution in [3.05, 3.63) is 60.2 Å². The lowest BCUT2D eigenvalue weighted by Gasteiger charge is -2.29. The van der Waals surface area contributed by atoms with Gasteiger partial charge in [-0.3, -0.25) is 19.3 Å². The first-order valence-electron chi connectivity index (χ1n) is 9.51. The Labute approximate surface area is 169 Å². The van der Waals surface area contributed by atoms with Crippen LogP contribution in [0.25, 0.3) is 0 Å². The molecule has 0 bridgehead atoms. The summed E-state index contributed by atoms with van der Waals surface area (Å²) in [5, 5.41) is 1.74. The summed E-state index contributed by atoms with van der Waals surface area (Å²) in [5.74, 6) is -0.684. The summed E-state index contributed by atoms with van der Waals surface area (Å²) in [6, 6.07) is 17.5. The van der Waals surface area contributed by atoms with Gasteiger partial charge in [-0.05, 0) is 42.0 Å². The van der Waals surface area contributed by atoms with E-state index >= 15 is 0 Å². The van der Waals surface area contributed by atoms with Crippen LogP contribution in [0.2, 0.25) is 0 Å². The fourth-order valence-corrected chi connectivity index (χ4v) is 4.36. The van der Waals surface area contributed by atoms with Crippen LogP contribution in [0.5, 0.6) is 0 Å². The highest BCUT2D eigenvalue weighted by Gasteiger charge is 2.59. The van der Waals surface area contributed by atoms with Crippen LogP contribution in [0.4, 0.5) is 5.69 Å². The van der Waals surface area contributed by atoms with Gasteiger partial charge in [0.1, 0.15) is 5.92 Å². The number of anilines is 1. The number of hydrogen-bond donors (Lipinski definition) is 0. The zero-order valence-corrected chi connectivity index (χ0v) is 17.1. The molecule has 6 heteroatoms. The quantitative estimate of drug-likeness (QED) is 0.567. The van der Waals surface area contributed by atoms with E-state index in [0.29, 0.717) is 6.54 Å². The van der Waals surface area contributed by atoms with Crippen LogP contribution < -0.4 is 5.06 Å². The van der Waals surface area contributed by atoms with Crippen molar-refractivity contribution in [2.75, 3.05) is 17.9 Å². The van der Waals surface area contributed by atoms with Gasteiger partial charge in [0.15, 0.2) is 6.10 Å². The van der Waals surface area contributed by atoms with Crippen molar-refractivity contribution in [1.82, 2.24) is 4.90 Å². The van der Waals surface area contributed by atoms with Gasteiger partial charge in [-0.1, -0.05) is 44.2 Å². The van der Waals surface area contributed by atoms with Crippen molar-refractivity contribution >= 4 is 29.3 Å². The Bertz CT molecular complexity index is 869. The van der Waals surface area contributed by atoms with E-state index in [2.05, 4.69) is 0 Å². The lowest BCUT2D eigenvalue weighted by Crippen LogP contribution is -2.39. The van der Waals surface area contributed by atoms with Crippen molar-refractivity contribution in [2.24, 2.45) is 11.8 Å². The number of carbonyl (C=O) groups excluding carboxylic acids is 2. The summed E-state index contributed by atoms with van der Waals surface area (Å²) in [4.78, 5) is 34.8. The standard InChI is InChI=1S/C22H24N2O3S/c1-14(2)13-23-21(25)18-19(15-9-11-17(28-3)12-10-15)24(27-20(18)22(23)26)16-7-5-4-6-8-16/h4-12,14,18-20H,13H2,1-3H3. The van der Waals surface area contributed by atoms with Crippen LogP contribution in [0.3, 0.4) is 0 Å². The summed E-state index contributed by atoms with van der Waals surface area (Å²) in [6.07, 6.45) is 1.26. The molecular weight excluding hydrogens is 372 g/mol. The van der Waals surface area contributed by atoms with Gasteiger partial charge in [0.25, 0.3) is 5.91 Å². The molecule has 0 spiro atoms. The molecule has 2 fully saturated rings. The van der Waals surface area contributed by atoms with Gasteiger partial charge in [-0.15, -0.1) is 11.8 Å². The van der Waals surface area contributed by atoms with Crippen molar-refractivity contribution in [3.63, 3.8) is 0 Å². The molecule has 0 aromatic heterocycles. The molecule has 0 radical (unpaired) electrons. The first-order valence-corrected chi connectivity index (χ1v) is 10.7. The number of hydrogen-bond acceptors (Lipinski definition) is 5. The minimum atomic E-state index is -0.767. The largest absolute Gasteiger partial charge is 0.280 e. The maximum atomic E-state index is 13.2. The minimum Gasteiger partial charge on any atom is -0.280 e. The molecule has 28 heavy (non-hydrogen) atoms. The van der Waals surface area contributed by atoms with E-state index in [1.807, 2.05) is 74.7 Å². The zero-order valence-electron chi connectivity index (χ0n) is 16.2. The number of para-hydroxylation sites is 1. The molecule has 2 aliphatic heterocycles. The van der Waals surface area contributed by atoms with Gasteiger partial charge in [-0.2, -0.15) is 0 Å². The number of benzene rings is 2. The summed E-state index contributed by atoms with van der Waals surface area (Å²) in [6.45, 7) is 4.44. The predicted molar refractivity (Wildman–Crippen MR) is 110 cm³/mol. The highest BCUT2D eigenvalue weighted by atomic mass is 32.2. The third-order valence-electron chi connectivity index (χ3n) is 5.22. The second-order valence-electron chi connectivity index (χ2n) is 7.61. The van der Waals surface area contributed by atoms with Crippen molar-refractivity contribution < 1.29 is 14.4 Å². The average Bonchev–Trinajstić information content (AvgIpc) is 3.21. The minimum absolute atomic E-state index is 0.138. The SMILES string of the molecule is CSc1ccc(C2C3C(=O)N(CC(C)C)C(=O)C3ON2c2ccccc2)cc1. The molecule has 0 aliphatic carbocycles. The van der Waals surface area contributed by atoms with Crippen molar-refractivity contribution in [3.8, 4) is 0 Å². The highest BCUT2D eigenvalue weighted by molar-refractivity contribution is 7.98. The molecule has 0 N–H and O–H groups in total. The number of likely N-dealkylation sites (tertiary alicyclic amines) is 1. The summed E-state index contributed by atoms with van der Waals surface area (Å²) in [7, 11) is 0. The Hall–Kier alpha value is -2.31. The monoisotopic (exact) mass is 396 g/mol. The van der Waals surface area contributed by atoms with E-state index in [0.717, 1.165) is 16.1 Å². The summed E-state index contributed by atoms with van der Waals surface area (Å²) in [5.41, 5.74) is 1.81. The highest BCUT2D eigenvalue weighted by Crippen LogP contribution is 2.46. The second kappa shape index (κ2) is 7.60. The molecule has 2 aromatic carbocycles.